The van der Waals surface area contributed by atoms with E-state index in [2.05, 4.69) is 0 Å². The zero-order valence-corrected chi connectivity index (χ0v) is 11.5. The summed E-state index contributed by atoms with van der Waals surface area (Å²) in [6, 6.07) is 0. The Morgan fingerprint density at radius 1 is 0.773 bits per heavy atom. The van der Waals surface area contributed by atoms with Gasteiger partial charge in [0.25, 0.3) is 0 Å². The Morgan fingerprint density at radius 2 is 1.36 bits per heavy atom. The van der Waals surface area contributed by atoms with Crippen LogP contribution < -0.4 is 0 Å². The molecule has 2 aliphatic rings. The molecule has 7 N–H and O–H groups in total. The summed E-state index contributed by atoms with van der Waals surface area (Å²) in [7, 11) is 0. The van der Waals surface area contributed by atoms with Gasteiger partial charge in [-0.2, -0.15) is 0 Å². The molecule has 9 atom stereocenters. The molecule has 0 unspecified atom stereocenters. The highest BCUT2D eigenvalue weighted by Crippen LogP contribution is 2.27. The smallest absolute Gasteiger partial charge is 0.187 e. The molecular formula is C12H21O10. The van der Waals surface area contributed by atoms with Crippen molar-refractivity contribution in [3.8, 4) is 0 Å². The van der Waals surface area contributed by atoms with Gasteiger partial charge < -0.3 is 50.0 Å². The Morgan fingerprint density at radius 3 is 1.95 bits per heavy atom. The minimum atomic E-state index is -1.63. The van der Waals surface area contributed by atoms with Crippen LogP contribution in [0.5, 0.6) is 0 Å². The van der Waals surface area contributed by atoms with Crippen molar-refractivity contribution in [1.82, 2.24) is 0 Å². The van der Waals surface area contributed by atoms with E-state index in [9.17, 15) is 25.5 Å². The highest BCUT2D eigenvalue weighted by atomic mass is 16.7. The van der Waals surface area contributed by atoms with Crippen LogP contribution in [0, 0.1) is 6.61 Å². The lowest BCUT2D eigenvalue weighted by Crippen LogP contribution is -2.61. The molecule has 10 nitrogen and oxygen atoms in total. The first-order chi connectivity index (χ1) is 10.4. The van der Waals surface area contributed by atoms with Gasteiger partial charge in [-0.1, -0.05) is 0 Å². The van der Waals surface area contributed by atoms with Crippen molar-refractivity contribution in [3.05, 3.63) is 6.61 Å². The molecule has 0 saturated carbocycles. The third kappa shape index (κ3) is 3.41. The molecule has 0 spiro atoms. The van der Waals surface area contributed by atoms with Crippen molar-refractivity contribution < 1.29 is 50.0 Å². The molecule has 2 fully saturated rings. The van der Waals surface area contributed by atoms with Crippen LogP contribution in [0.15, 0.2) is 0 Å². The van der Waals surface area contributed by atoms with Crippen molar-refractivity contribution in [2.75, 3.05) is 13.2 Å². The Balaban J connectivity index is 2.00. The molecule has 0 aliphatic carbocycles. The SMILES string of the molecule is OC[C@H]1O[C@@H](O[C@H]2[CH]O[C@H](CO)[C@H](O)[C@@H]2O)[C@H](O)[C@@H](O)[C@H]1O. The van der Waals surface area contributed by atoms with Gasteiger partial charge in [0, 0.05) is 0 Å². The summed E-state index contributed by atoms with van der Waals surface area (Å²) in [5.41, 5.74) is 0. The van der Waals surface area contributed by atoms with Crippen LogP contribution in [-0.2, 0) is 14.2 Å². The minimum absolute atomic E-state index is 0.512. The molecule has 2 heterocycles. The lowest BCUT2D eigenvalue weighted by molar-refractivity contribution is -0.325. The van der Waals surface area contributed by atoms with Crippen LogP contribution >= 0.6 is 0 Å². The Kier molecular flexibility index (Phi) is 6.07. The molecule has 10 heteroatoms. The average Bonchev–Trinajstić information content (AvgIpc) is 2.52. The highest BCUT2D eigenvalue weighted by molar-refractivity contribution is 4.95. The number of aliphatic hydroxyl groups excluding tert-OH is 7. The molecule has 0 bridgehead atoms. The molecular weight excluding hydrogens is 304 g/mol. The molecule has 2 saturated heterocycles. The van der Waals surface area contributed by atoms with E-state index >= 15 is 0 Å². The first kappa shape index (κ1) is 17.9. The summed E-state index contributed by atoms with van der Waals surface area (Å²) < 4.78 is 15.4. The van der Waals surface area contributed by atoms with E-state index in [0.29, 0.717) is 0 Å². The number of ether oxygens (including phenoxy) is 3. The molecule has 2 rings (SSSR count). The van der Waals surface area contributed by atoms with Gasteiger partial charge in [-0.15, -0.1) is 0 Å². The Bertz CT molecular complexity index is 353. The average molecular weight is 325 g/mol. The monoisotopic (exact) mass is 325 g/mol. The first-order valence-electron chi connectivity index (χ1n) is 6.82. The van der Waals surface area contributed by atoms with E-state index in [0.717, 1.165) is 6.61 Å². The number of rotatable bonds is 4. The third-order valence-corrected chi connectivity index (χ3v) is 3.77. The van der Waals surface area contributed by atoms with E-state index in [1.165, 1.54) is 0 Å². The molecule has 2 aliphatic heterocycles. The summed E-state index contributed by atoms with van der Waals surface area (Å²) in [5, 5.41) is 66.7. The zero-order chi connectivity index (χ0) is 16.4. The second-order valence-corrected chi connectivity index (χ2v) is 5.27. The van der Waals surface area contributed by atoms with Crippen molar-refractivity contribution >= 4 is 0 Å². The second-order valence-electron chi connectivity index (χ2n) is 5.27. The van der Waals surface area contributed by atoms with Gasteiger partial charge in [-0.3, -0.25) is 0 Å². The summed E-state index contributed by atoms with van der Waals surface area (Å²) in [6.07, 6.45) is -12.5. The molecule has 0 aromatic carbocycles. The van der Waals surface area contributed by atoms with Crippen LogP contribution in [0.2, 0.25) is 0 Å². The second kappa shape index (κ2) is 7.45. The largest absolute Gasteiger partial charge is 0.394 e. The van der Waals surface area contributed by atoms with Crippen LogP contribution in [0.3, 0.4) is 0 Å². The minimum Gasteiger partial charge on any atom is -0.394 e. The van der Waals surface area contributed by atoms with Crippen LogP contribution in [0.4, 0.5) is 0 Å². The summed E-state index contributed by atoms with van der Waals surface area (Å²) in [4.78, 5) is 0. The van der Waals surface area contributed by atoms with Crippen molar-refractivity contribution in [2.24, 2.45) is 0 Å². The summed E-state index contributed by atoms with van der Waals surface area (Å²) >= 11 is 0. The van der Waals surface area contributed by atoms with Crippen LogP contribution in [-0.4, -0.2) is 104 Å². The Hall–Kier alpha value is -0.400. The topological polar surface area (TPSA) is 169 Å². The van der Waals surface area contributed by atoms with E-state index in [1.54, 1.807) is 0 Å². The molecule has 1 radical (unpaired) electrons. The molecule has 129 valence electrons. The zero-order valence-electron chi connectivity index (χ0n) is 11.5. The van der Waals surface area contributed by atoms with Crippen LogP contribution in [0.1, 0.15) is 0 Å². The number of aliphatic hydroxyl groups is 7. The maximum atomic E-state index is 9.90. The van der Waals surface area contributed by atoms with E-state index in [-0.39, 0.29) is 0 Å². The fraction of sp³-hybridized carbons (Fsp3) is 0.917. The predicted molar refractivity (Wildman–Crippen MR) is 66.9 cm³/mol. The lowest BCUT2D eigenvalue weighted by atomic mass is 9.98. The van der Waals surface area contributed by atoms with E-state index in [4.69, 9.17) is 24.4 Å². The first-order valence-corrected chi connectivity index (χ1v) is 6.82. The quantitative estimate of drug-likeness (QED) is 0.267. The normalized spacial score (nSPS) is 50.0. The van der Waals surface area contributed by atoms with Crippen molar-refractivity contribution in [1.29, 1.82) is 0 Å². The summed E-state index contributed by atoms with van der Waals surface area (Å²) in [6.45, 7) is -0.103. The van der Waals surface area contributed by atoms with E-state index < -0.39 is 68.3 Å². The fourth-order valence-corrected chi connectivity index (χ4v) is 2.35. The van der Waals surface area contributed by atoms with Gasteiger partial charge in [0.15, 0.2) is 6.29 Å². The van der Waals surface area contributed by atoms with Gasteiger partial charge >= 0.3 is 0 Å². The maximum absolute atomic E-state index is 9.90. The van der Waals surface area contributed by atoms with Gasteiger partial charge in [0.1, 0.15) is 55.4 Å². The molecule has 0 amide bonds. The summed E-state index contributed by atoms with van der Waals surface area (Å²) in [5.74, 6) is 0. The third-order valence-electron chi connectivity index (χ3n) is 3.77. The van der Waals surface area contributed by atoms with Crippen molar-refractivity contribution in [3.63, 3.8) is 0 Å². The van der Waals surface area contributed by atoms with Gasteiger partial charge in [0.05, 0.1) is 13.2 Å². The molecule has 22 heavy (non-hydrogen) atoms. The Labute approximate surface area is 126 Å². The maximum Gasteiger partial charge on any atom is 0.187 e. The lowest BCUT2D eigenvalue weighted by Gasteiger charge is -2.43. The van der Waals surface area contributed by atoms with Gasteiger partial charge in [-0.05, 0) is 0 Å². The van der Waals surface area contributed by atoms with Gasteiger partial charge in [-0.25, -0.2) is 0 Å². The highest BCUT2D eigenvalue weighted by Gasteiger charge is 2.47. The van der Waals surface area contributed by atoms with E-state index in [1.807, 2.05) is 0 Å². The van der Waals surface area contributed by atoms with Crippen LogP contribution in [0.25, 0.3) is 0 Å². The van der Waals surface area contributed by atoms with Gasteiger partial charge in [0.2, 0.25) is 0 Å². The molecule has 0 aromatic rings. The number of hydrogen-bond acceptors (Lipinski definition) is 10. The number of hydrogen-bond donors (Lipinski definition) is 7. The molecule has 0 aromatic heterocycles. The standard InChI is InChI=1S/C12H21O10/c13-1-4-7(15)9(17)6(3-20-4)22-12-11(19)10(18)8(16)5(2-14)21-12/h3-19H,1-2H2/t4-,5-,6+,7+,8+,9-,10+,11-,12+/m1/s1. The predicted octanol–water partition coefficient (Wildman–Crippen LogP) is -4.55. The fourth-order valence-electron chi connectivity index (χ4n) is 2.35. The van der Waals surface area contributed by atoms with Crippen molar-refractivity contribution in [2.45, 2.75) is 55.1 Å².